The first kappa shape index (κ1) is 13.5. The number of amides is 1. The van der Waals surface area contributed by atoms with Gasteiger partial charge in [-0.25, -0.2) is 9.78 Å². The zero-order valence-electron chi connectivity index (χ0n) is 10.9. The minimum absolute atomic E-state index is 0.0199. The molecule has 2 N–H and O–H groups in total. The molecule has 1 aliphatic rings. The number of nitrogens with zero attached hydrogens (tertiary/aromatic N) is 1. The van der Waals surface area contributed by atoms with Crippen molar-refractivity contribution in [2.45, 2.75) is 32.6 Å². The smallest absolute Gasteiger partial charge is 0.335 e. The van der Waals surface area contributed by atoms with E-state index in [0.29, 0.717) is 11.7 Å². The highest BCUT2D eigenvalue weighted by atomic mass is 16.4. The number of carbonyl (C=O) groups excluding carboxylic acids is 1. The molecule has 1 fully saturated rings. The summed E-state index contributed by atoms with van der Waals surface area (Å²) in [6, 6.07) is 2.78. The van der Waals surface area contributed by atoms with Crippen molar-refractivity contribution >= 4 is 17.7 Å². The van der Waals surface area contributed by atoms with Gasteiger partial charge in [-0.3, -0.25) is 4.79 Å². The molecule has 1 aromatic heterocycles. The van der Waals surface area contributed by atoms with E-state index in [1.807, 2.05) is 0 Å². The largest absolute Gasteiger partial charge is 0.478 e. The number of aromatic carboxylic acids is 1. The number of hydrogen-bond donors (Lipinski definition) is 2. The van der Waals surface area contributed by atoms with Gasteiger partial charge in [0.05, 0.1) is 5.56 Å². The molecule has 1 aliphatic carbocycles. The van der Waals surface area contributed by atoms with Gasteiger partial charge in [0, 0.05) is 12.1 Å². The van der Waals surface area contributed by atoms with Crippen molar-refractivity contribution in [1.29, 1.82) is 0 Å². The Bertz CT molecular complexity index is 479. The Morgan fingerprint density at radius 2 is 2.00 bits per heavy atom. The molecule has 5 nitrogen and oxygen atoms in total. The summed E-state index contributed by atoms with van der Waals surface area (Å²) in [4.78, 5) is 26.9. The average molecular weight is 262 g/mol. The van der Waals surface area contributed by atoms with Crippen LogP contribution in [0.1, 0.15) is 43.0 Å². The number of rotatable bonds is 3. The van der Waals surface area contributed by atoms with Gasteiger partial charge in [0.1, 0.15) is 5.82 Å². The average Bonchev–Trinajstić information content (AvgIpc) is 2.39. The van der Waals surface area contributed by atoms with E-state index in [9.17, 15) is 9.59 Å². The van der Waals surface area contributed by atoms with Crippen LogP contribution in [-0.2, 0) is 4.79 Å². The second-order valence-corrected chi connectivity index (χ2v) is 5.18. The Balaban J connectivity index is 1.98. The molecule has 1 amide bonds. The Labute approximate surface area is 112 Å². The van der Waals surface area contributed by atoms with Crippen LogP contribution in [0.3, 0.4) is 0 Å². The van der Waals surface area contributed by atoms with E-state index >= 15 is 0 Å². The van der Waals surface area contributed by atoms with Gasteiger partial charge in [-0.15, -0.1) is 0 Å². The molecule has 0 aliphatic heterocycles. The van der Waals surface area contributed by atoms with Crippen LogP contribution in [0.5, 0.6) is 0 Å². The highest BCUT2D eigenvalue weighted by Gasteiger charge is 2.24. The van der Waals surface area contributed by atoms with Crippen LogP contribution in [0.25, 0.3) is 0 Å². The van der Waals surface area contributed by atoms with Crippen molar-refractivity contribution in [2.24, 2.45) is 11.8 Å². The molecule has 0 saturated heterocycles. The summed E-state index contributed by atoms with van der Waals surface area (Å²) < 4.78 is 0. The first-order chi connectivity index (χ1) is 9.06. The van der Waals surface area contributed by atoms with Gasteiger partial charge in [-0.1, -0.05) is 6.92 Å². The van der Waals surface area contributed by atoms with Gasteiger partial charge >= 0.3 is 5.97 Å². The third-order valence-electron chi connectivity index (χ3n) is 3.64. The van der Waals surface area contributed by atoms with Crippen molar-refractivity contribution in [1.82, 2.24) is 4.98 Å². The molecule has 1 aromatic rings. The third-order valence-corrected chi connectivity index (χ3v) is 3.64. The molecule has 0 aromatic carbocycles. The molecule has 19 heavy (non-hydrogen) atoms. The zero-order chi connectivity index (χ0) is 13.8. The van der Waals surface area contributed by atoms with Crippen molar-refractivity contribution in [3.05, 3.63) is 23.9 Å². The van der Waals surface area contributed by atoms with Gasteiger partial charge in [0.15, 0.2) is 0 Å². The molecule has 1 saturated carbocycles. The molecule has 0 radical (unpaired) electrons. The summed E-state index contributed by atoms with van der Waals surface area (Å²) in [6.45, 7) is 2.20. The van der Waals surface area contributed by atoms with Crippen molar-refractivity contribution in [3.8, 4) is 0 Å². The van der Waals surface area contributed by atoms with Crippen molar-refractivity contribution in [2.75, 3.05) is 5.32 Å². The maximum atomic E-state index is 12.1. The summed E-state index contributed by atoms with van der Waals surface area (Å²) >= 11 is 0. The monoisotopic (exact) mass is 262 g/mol. The molecular formula is C14H18N2O3. The Morgan fingerprint density at radius 3 is 2.63 bits per heavy atom. The molecule has 1 heterocycles. The number of hydrogen-bond acceptors (Lipinski definition) is 3. The van der Waals surface area contributed by atoms with E-state index < -0.39 is 5.97 Å². The van der Waals surface area contributed by atoms with Crippen molar-refractivity contribution in [3.63, 3.8) is 0 Å². The lowest BCUT2D eigenvalue weighted by Gasteiger charge is -2.25. The number of anilines is 1. The third kappa shape index (κ3) is 3.53. The summed E-state index contributed by atoms with van der Waals surface area (Å²) in [5.74, 6) is -0.0566. The Kier molecular flexibility index (Phi) is 4.14. The zero-order valence-corrected chi connectivity index (χ0v) is 10.9. The number of nitrogens with one attached hydrogen (secondary N) is 1. The van der Waals surface area contributed by atoms with E-state index in [1.54, 1.807) is 0 Å². The van der Waals surface area contributed by atoms with E-state index in [1.165, 1.54) is 18.3 Å². The van der Waals surface area contributed by atoms with Crippen LogP contribution in [-0.4, -0.2) is 22.0 Å². The molecule has 5 heteroatoms. The van der Waals surface area contributed by atoms with Crippen LogP contribution in [0, 0.1) is 11.8 Å². The van der Waals surface area contributed by atoms with Crippen LogP contribution < -0.4 is 5.32 Å². The number of pyridine rings is 1. The lowest BCUT2D eigenvalue weighted by Crippen LogP contribution is -2.27. The second-order valence-electron chi connectivity index (χ2n) is 5.18. The fourth-order valence-electron chi connectivity index (χ4n) is 2.38. The second kappa shape index (κ2) is 5.82. The predicted molar refractivity (Wildman–Crippen MR) is 70.9 cm³/mol. The minimum Gasteiger partial charge on any atom is -0.478 e. The summed E-state index contributed by atoms with van der Waals surface area (Å²) in [6.07, 6.45) is 5.32. The maximum Gasteiger partial charge on any atom is 0.335 e. The molecule has 2 rings (SSSR count). The molecule has 0 spiro atoms. The Hall–Kier alpha value is -1.91. The molecule has 102 valence electrons. The fourth-order valence-corrected chi connectivity index (χ4v) is 2.38. The van der Waals surface area contributed by atoms with Crippen LogP contribution >= 0.6 is 0 Å². The van der Waals surface area contributed by atoms with Gasteiger partial charge in [0.2, 0.25) is 5.91 Å². The summed E-state index contributed by atoms with van der Waals surface area (Å²) in [5.41, 5.74) is 0.127. The first-order valence-electron chi connectivity index (χ1n) is 6.56. The van der Waals surface area contributed by atoms with Crippen LogP contribution in [0.2, 0.25) is 0 Å². The van der Waals surface area contributed by atoms with E-state index in [2.05, 4.69) is 17.2 Å². The standard InChI is InChI=1S/C14H18N2O3/c1-9-2-4-10(5-3-9)13(17)16-12-8-11(14(18)19)6-7-15-12/h6-10H,2-5H2,1H3,(H,18,19)(H,15,16,17). The normalized spacial score (nSPS) is 22.8. The topological polar surface area (TPSA) is 79.3 Å². The predicted octanol–water partition coefficient (Wildman–Crippen LogP) is 2.54. The van der Waals surface area contributed by atoms with E-state index in [0.717, 1.165) is 25.7 Å². The molecular weight excluding hydrogens is 244 g/mol. The van der Waals surface area contributed by atoms with Gasteiger partial charge in [-0.2, -0.15) is 0 Å². The lowest BCUT2D eigenvalue weighted by atomic mass is 9.82. The number of carboxylic acid groups (broad SMARTS) is 1. The summed E-state index contributed by atoms with van der Waals surface area (Å²) in [7, 11) is 0. The van der Waals surface area contributed by atoms with E-state index in [-0.39, 0.29) is 17.4 Å². The minimum atomic E-state index is -1.02. The van der Waals surface area contributed by atoms with Gasteiger partial charge in [-0.05, 0) is 43.7 Å². The number of carboxylic acids is 1. The SMILES string of the molecule is CC1CCC(C(=O)Nc2cc(C(=O)O)ccn2)CC1. The van der Waals surface area contributed by atoms with Crippen LogP contribution in [0.4, 0.5) is 5.82 Å². The molecule has 0 atom stereocenters. The summed E-state index contributed by atoms with van der Waals surface area (Å²) in [5, 5.41) is 11.6. The fraction of sp³-hybridized carbons (Fsp3) is 0.500. The number of carbonyl (C=O) groups is 2. The lowest BCUT2D eigenvalue weighted by molar-refractivity contribution is -0.121. The number of aromatic nitrogens is 1. The molecule has 0 bridgehead atoms. The molecule has 0 unspecified atom stereocenters. The highest BCUT2D eigenvalue weighted by Crippen LogP contribution is 2.28. The Morgan fingerprint density at radius 1 is 1.32 bits per heavy atom. The maximum absolute atomic E-state index is 12.1. The quantitative estimate of drug-likeness (QED) is 0.877. The first-order valence-corrected chi connectivity index (χ1v) is 6.56. The highest BCUT2D eigenvalue weighted by molar-refractivity contribution is 5.93. The van der Waals surface area contributed by atoms with Crippen molar-refractivity contribution < 1.29 is 14.7 Å². The van der Waals surface area contributed by atoms with E-state index in [4.69, 9.17) is 5.11 Å². The van der Waals surface area contributed by atoms with Crippen LogP contribution in [0.15, 0.2) is 18.3 Å². The van der Waals surface area contributed by atoms with Gasteiger partial charge < -0.3 is 10.4 Å². The van der Waals surface area contributed by atoms with Gasteiger partial charge in [0.25, 0.3) is 0 Å².